The normalized spacial score (nSPS) is 11.0. The third kappa shape index (κ3) is 4.39. The van der Waals surface area contributed by atoms with E-state index in [2.05, 4.69) is 25.8 Å². The van der Waals surface area contributed by atoms with Crippen LogP contribution in [0, 0.1) is 5.92 Å². The first-order valence-corrected chi connectivity index (χ1v) is 9.48. The van der Waals surface area contributed by atoms with E-state index < -0.39 is 0 Å². The largest absolute Gasteiger partial charge is 0.491 e. The van der Waals surface area contributed by atoms with Crippen molar-refractivity contribution in [1.82, 2.24) is 9.55 Å². The summed E-state index contributed by atoms with van der Waals surface area (Å²) in [4.78, 5) is 17.1. The van der Waals surface area contributed by atoms with Gasteiger partial charge in [0.15, 0.2) is 12.2 Å². The van der Waals surface area contributed by atoms with Gasteiger partial charge in [0.25, 0.3) is 5.56 Å². The number of oxazole rings is 1. The van der Waals surface area contributed by atoms with Gasteiger partial charge in [0.1, 0.15) is 5.75 Å². The number of rotatable bonds is 8. The maximum absolute atomic E-state index is 13.1. The highest BCUT2D eigenvalue weighted by Gasteiger charge is 2.19. The first kappa shape index (κ1) is 22.0. The number of fused-ring (bicyclic) bond motifs is 1. The van der Waals surface area contributed by atoms with Crippen molar-refractivity contribution < 1.29 is 9.15 Å². The van der Waals surface area contributed by atoms with E-state index in [4.69, 9.17) is 14.9 Å². The highest BCUT2D eigenvalue weighted by atomic mass is 35.5. The molecule has 0 radical (unpaired) electrons. The summed E-state index contributed by atoms with van der Waals surface area (Å²) >= 11 is 0. The first-order valence-electron chi connectivity index (χ1n) is 9.48. The summed E-state index contributed by atoms with van der Waals surface area (Å²) in [6.07, 6.45) is 5.02. The van der Waals surface area contributed by atoms with Crippen LogP contribution in [0.2, 0.25) is 0 Å². The van der Waals surface area contributed by atoms with E-state index >= 15 is 0 Å². The molecule has 0 fully saturated rings. The fraction of sp³-hybridized carbons (Fsp3) is 0.429. The number of benzene rings is 1. The molecule has 3 rings (SSSR count). The molecule has 0 spiro atoms. The van der Waals surface area contributed by atoms with Gasteiger partial charge in [-0.25, -0.2) is 4.98 Å². The molecule has 2 heterocycles. The van der Waals surface area contributed by atoms with Crippen LogP contribution in [-0.4, -0.2) is 16.2 Å². The molecule has 0 aliphatic rings. The van der Waals surface area contributed by atoms with E-state index in [0.29, 0.717) is 36.0 Å². The minimum Gasteiger partial charge on any atom is -0.491 e. The monoisotopic (exact) mass is 405 g/mol. The van der Waals surface area contributed by atoms with Gasteiger partial charge in [-0.2, -0.15) is 0 Å². The zero-order valence-corrected chi connectivity index (χ0v) is 17.4. The molecule has 0 aliphatic heterocycles. The highest BCUT2D eigenvalue weighted by Crippen LogP contribution is 2.32. The van der Waals surface area contributed by atoms with Crippen molar-refractivity contribution >= 4 is 23.2 Å². The molecule has 28 heavy (non-hydrogen) atoms. The number of nitrogens with zero attached hydrogens (tertiary/aromatic N) is 2. The van der Waals surface area contributed by atoms with E-state index in [-0.39, 0.29) is 24.5 Å². The van der Waals surface area contributed by atoms with E-state index in [0.717, 1.165) is 29.5 Å². The first-order chi connectivity index (χ1) is 13.1. The predicted octanol–water partition coefficient (Wildman–Crippen LogP) is 4.37. The van der Waals surface area contributed by atoms with Crippen molar-refractivity contribution in [2.45, 2.75) is 46.7 Å². The molecule has 0 bridgehead atoms. The molecule has 0 amide bonds. The van der Waals surface area contributed by atoms with Crippen molar-refractivity contribution in [2.75, 3.05) is 6.61 Å². The number of pyridine rings is 1. The fourth-order valence-electron chi connectivity index (χ4n) is 3.22. The van der Waals surface area contributed by atoms with Gasteiger partial charge in [-0.15, -0.1) is 12.4 Å². The van der Waals surface area contributed by atoms with Gasteiger partial charge >= 0.3 is 0 Å². The minimum atomic E-state index is -0.0360. The van der Waals surface area contributed by atoms with Gasteiger partial charge in [0.2, 0.25) is 0 Å². The van der Waals surface area contributed by atoms with E-state index in [9.17, 15) is 4.79 Å². The molecular weight excluding hydrogens is 378 g/mol. The maximum Gasteiger partial charge on any atom is 0.258 e. The molecular formula is C21H28ClN3O3. The number of hydrogen-bond acceptors (Lipinski definition) is 5. The molecule has 2 aromatic heterocycles. The lowest BCUT2D eigenvalue weighted by Gasteiger charge is -2.20. The lowest BCUT2D eigenvalue weighted by atomic mass is 10.0. The summed E-state index contributed by atoms with van der Waals surface area (Å²) in [6.45, 7) is 7.72. The maximum atomic E-state index is 13.1. The Morgan fingerprint density at radius 3 is 2.68 bits per heavy atom. The van der Waals surface area contributed by atoms with Crippen molar-refractivity contribution in [2.24, 2.45) is 11.7 Å². The zero-order valence-electron chi connectivity index (χ0n) is 16.6. The van der Waals surface area contributed by atoms with E-state index in [1.54, 1.807) is 10.8 Å². The summed E-state index contributed by atoms with van der Waals surface area (Å²) < 4.78 is 13.3. The van der Waals surface area contributed by atoms with Gasteiger partial charge in [-0.05, 0) is 24.5 Å². The molecule has 0 aliphatic carbocycles. The Morgan fingerprint density at radius 1 is 1.29 bits per heavy atom. The van der Waals surface area contributed by atoms with Gasteiger partial charge in [-0.3, -0.25) is 4.79 Å². The van der Waals surface area contributed by atoms with Gasteiger partial charge in [-0.1, -0.05) is 33.3 Å². The smallest absolute Gasteiger partial charge is 0.258 e. The average molecular weight is 406 g/mol. The van der Waals surface area contributed by atoms with Crippen LogP contribution in [0.25, 0.3) is 22.1 Å². The molecule has 0 saturated carbocycles. The van der Waals surface area contributed by atoms with Gasteiger partial charge in [0.05, 0.1) is 23.9 Å². The standard InChI is InChI=1S/C21H27N3O3.ClH/c1-4-5-8-26-20-17-9-15(19-11-23-13-27-19)6-7-16(17)21(25)24(12-14(2)3)18(20)10-22;/h6-7,9,11,13-14H,4-5,8,10,12,22H2,1-3H3;1H. The lowest BCUT2D eigenvalue weighted by molar-refractivity contribution is 0.304. The Morgan fingerprint density at radius 2 is 2.07 bits per heavy atom. The summed E-state index contributed by atoms with van der Waals surface area (Å²) in [5.74, 6) is 1.67. The van der Waals surface area contributed by atoms with Crippen LogP contribution >= 0.6 is 12.4 Å². The van der Waals surface area contributed by atoms with Crippen LogP contribution in [0.3, 0.4) is 0 Å². The average Bonchev–Trinajstić information content (AvgIpc) is 3.19. The number of halogens is 1. The van der Waals surface area contributed by atoms with Crippen LogP contribution in [0.15, 0.2) is 40.0 Å². The second kappa shape index (κ2) is 9.75. The molecule has 7 heteroatoms. The number of nitrogens with two attached hydrogens (primary N) is 1. The van der Waals surface area contributed by atoms with E-state index in [1.165, 1.54) is 6.39 Å². The number of unbranched alkanes of at least 4 members (excludes halogenated alkanes) is 1. The van der Waals surface area contributed by atoms with E-state index in [1.807, 2.05) is 18.2 Å². The van der Waals surface area contributed by atoms with Gasteiger partial charge < -0.3 is 19.5 Å². The summed E-state index contributed by atoms with van der Waals surface area (Å²) in [5.41, 5.74) is 7.61. The Bertz CT molecular complexity index is 965. The Hall–Kier alpha value is -2.31. The lowest BCUT2D eigenvalue weighted by Crippen LogP contribution is -2.28. The van der Waals surface area contributed by atoms with Crippen molar-refractivity contribution in [1.29, 1.82) is 0 Å². The Kier molecular flexibility index (Phi) is 7.66. The molecule has 0 unspecified atom stereocenters. The van der Waals surface area contributed by atoms with Crippen molar-refractivity contribution in [3.63, 3.8) is 0 Å². The van der Waals surface area contributed by atoms with Crippen LogP contribution in [-0.2, 0) is 13.1 Å². The van der Waals surface area contributed by atoms with Crippen LogP contribution in [0.1, 0.15) is 39.3 Å². The highest BCUT2D eigenvalue weighted by molar-refractivity contribution is 5.91. The molecule has 0 saturated heterocycles. The second-order valence-electron chi connectivity index (χ2n) is 7.12. The summed E-state index contributed by atoms with van der Waals surface area (Å²) in [7, 11) is 0. The minimum absolute atomic E-state index is 0. The molecule has 152 valence electrons. The number of ether oxygens (including phenoxy) is 1. The third-order valence-corrected chi connectivity index (χ3v) is 4.53. The van der Waals surface area contributed by atoms with Crippen molar-refractivity contribution in [3.8, 4) is 17.1 Å². The van der Waals surface area contributed by atoms with Crippen LogP contribution < -0.4 is 16.0 Å². The Labute approximate surface area is 171 Å². The molecule has 0 atom stereocenters. The SMILES string of the molecule is CCCCOc1c(CN)n(CC(C)C)c(=O)c2ccc(-c3cnco3)cc12.Cl. The molecule has 6 nitrogen and oxygen atoms in total. The second-order valence-corrected chi connectivity index (χ2v) is 7.12. The molecule has 3 aromatic rings. The fourth-order valence-corrected chi connectivity index (χ4v) is 3.22. The quantitative estimate of drug-likeness (QED) is 0.562. The number of hydrogen-bond donors (Lipinski definition) is 1. The molecule has 2 N–H and O–H groups in total. The number of aromatic nitrogens is 2. The zero-order chi connectivity index (χ0) is 19.4. The Balaban J connectivity index is 0.00000280. The molecule has 1 aromatic carbocycles. The van der Waals surface area contributed by atoms with Crippen LogP contribution in [0.4, 0.5) is 0 Å². The van der Waals surface area contributed by atoms with Crippen molar-refractivity contribution in [3.05, 3.63) is 46.8 Å². The summed E-state index contributed by atoms with van der Waals surface area (Å²) in [5, 5.41) is 1.40. The summed E-state index contributed by atoms with van der Waals surface area (Å²) in [6, 6.07) is 5.64. The predicted molar refractivity (Wildman–Crippen MR) is 114 cm³/mol. The topological polar surface area (TPSA) is 83.3 Å². The van der Waals surface area contributed by atoms with Crippen LogP contribution in [0.5, 0.6) is 5.75 Å². The third-order valence-electron chi connectivity index (χ3n) is 4.53. The van der Waals surface area contributed by atoms with Gasteiger partial charge in [0, 0.05) is 24.0 Å².